The lowest BCUT2D eigenvalue weighted by Gasteiger charge is -2.03. The van der Waals surface area contributed by atoms with Gasteiger partial charge in [0.15, 0.2) is 0 Å². The van der Waals surface area contributed by atoms with E-state index in [1.807, 2.05) is 6.92 Å². The number of aryl methyl sites for hydroxylation is 1. The van der Waals surface area contributed by atoms with Crippen molar-refractivity contribution in [1.29, 1.82) is 0 Å². The smallest absolute Gasteiger partial charge is 0.331 e. The molecule has 94 valence electrons. The summed E-state index contributed by atoms with van der Waals surface area (Å²) in [5, 5.41) is 14.2. The van der Waals surface area contributed by atoms with Crippen molar-refractivity contribution in [3.63, 3.8) is 0 Å². The summed E-state index contributed by atoms with van der Waals surface area (Å²) >= 11 is 1.75. The van der Waals surface area contributed by atoms with Gasteiger partial charge in [-0.1, -0.05) is 19.9 Å². The molecule has 0 saturated carbocycles. The summed E-state index contributed by atoms with van der Waals surface area (Å²) in [5.74, 6) is -0.820. The summed E-state index contributed by atoms with van der Waals surface area (Å²) in [5.41, 5.74) is 1.85. The minimum atomic E-state index is -0.820. The second kappa shape index (κ2) is 7.25. The molecule has 4 heteroatoms. The van der Waals surface area contributed by atoms with Crippen LogP contribution in [0.3, 0.4) is 0 Å². The molecule has 0 atom stereocenters. The molecular formula is C13H19NO2S. The Kier molecular flexibility index (Phi) is 5.94. The summed E-state index contributed by atoms with van der Waals surface area (Å²) in [4.78, 5) is 12.1. The van der Waals surface area contributed by atoms with Crippen LogP contribution in [0.5, 0.6) is 0 Å². The van der Waals surface area contributed by atoms with Crippen LogP contribution in [0.2, 0.25) is 0 Å². The first-order valence-corrected chi connectivity index (χ1v) is 6.75. The van der Waals surface area contributed by atoms with E-state index in [9.17, 15) is 4.79 Å². The van der Waals surface area contributed by atoms with Crippen molar-refractivity contribution in [3.8, 4) is 0 Å². The van der Waals surface area contributed by atoms with Gasteiger partial charge in [-0.25, -0.2) is 4.79 Å². The fraction of sp³-hybridized carbons (Fsp3) is 0.462. The van der Waals surface area contributed by atoms with E-state index in [0.29, 0.717) is 18.5 Å². The van der Waals surface area contributed by atoms with Crippen molar-refractivity contribution in [2.24, 2.45) is 0 Å². The Morgan fingerprint density at radius 1 is 1.53 bits per heavy atom. The van der Waals surface area contributed by atoms with E-state index < -0.39 is 5.97 Å². The van der Waals surface area contributed by atoms with Crippen LogP contribution in [-0.4, -0.2) is 17.6 Å². The molecule has 0 aromatic carbocycles. The van der Waals surface area contributed by atoms with Gasteiger partial charge in [0, 0.05) is 23.5 Å². The van der Waals surface area contributed by atoms with E-state index in [4.69, 9.17) is 5.11 Å². The molecule has 0 aliphatic heterocycles. The van der Waals surface area contributed by atoms with Crippen LogP contribution in [0.1, 0.15) is 30.7 Å². The lowest BCUT2D eigenvalue weighted by Crippen LogP contribution is -2.14. The van der Waals surface area contributed by atoms with Gasteiger partial charge in [-0.2, -0.15) is 0 Å². The number of rotatable bonds is 7. The molecule has 1 aromatic rings. The normalized spacial score (nSPS) is 11.8. The molecule has 0 aliphatic rings. The maximum absolute atomic E-state index is 10.8. The second-order valence-electron chi connectivity index (χ2n) is 3.74. The predicted molar refractivity (Wildman–Crippen MR) is 71.4 cm³/mol. The van der Waals surface area contributed by atoms with E-state index in [0.717, 1.165) is 13.0 Å². The van der Waals surface area contributed by atoms with Gasteiger partial charge < -0.3 is 10.4 Å². The van der Waals surface area contributed by atoms with E-state index in [-0.39, 0.29) is 0 Å². The third kappa shape index (κ3) is 4.32. The van der Waals surface area contributed by atoms with E-state index in [1.54, 1.807) is 17.4 Å². The summed E-state index contributed by atoms with van der Waals surface area (Å²) in [6, 6.07) is 2.15. The number of carboxylic acid groups (broad SMARTS) is 1. The second-order valence-corrected chi connectivity index (χ2v) is 4.74. The van der Waals surface area contributed by atoms with Gasteiger partial charge in [-0.3, -0.25) is 0 Å². The molecule has 3 nitrogen and oxygen atoms in total. The summed E-state index contributed by atoms with van der Waals surface area (Å²) < 4.78 is 0. The molecule has 0 radical (unpaired) electrons. The first-order chi connectivity index (χ1) is 8.19. The molecule has 1 aromatic heterocycles. The number of hydrogen-bond donors (Lipinski definition) is 2. The van der Waals surface area contributed by atoms with Crippen LogP contribution in [0, 0.1) is 0 Å². The molecule has 0 saturated heterocycles. The molecule has 0 spiro atoms. The third-order valence-electron chi connectivity index (χ3n) is 2.65. The molecule has 0 aliphatic carbocycles. The Bertz CT molecular complexity index is 396. The zero-order chi connectivity index (χ0) is 12.7. The largest absolute Gasteiger partial charge is 0.478 e. The van der Waals surface area contributed by atoms with Gasteiger partial charge in [-0.05, 0) is 29.9 Å². The number of thiophene rings is 1. The van der Waals surface area contributed by atoms with E-state index in [2.05, 4.69) is 23.7 Å². The van der Waals surface area contributed by atoms with E-state index in [1.165, 1.54) is 10.4 Å². The molecule has 1 heterocycles. The Morgan fingerprint density at radius 2 is 2.29 bits per heavy atom. The number of aliphatic carboxylic acids is 1. The van der Waals surface area contributed by atoms with Gasteiger partial charge in [0.2, 0.25) is 0 Å². The minimum Gasteiger partial charge on any atom is -0.478 e. The van der Waals surface area contributed by atoms with Gasteiger partial charge in [-0.15, -0.1) is 11.3 Å². The van der Waals surface area contributed by atoms with Crippen molar-refractivity contribution in [2.75, 3.05) is 6.54 Å². The first-order valence-electron chi connectivity index (χ1n) is 5.87. The van der Waals surface area contributed by atoms with Crippen molar-refractivity contribution in [1.82, 2.24) is 5.32 Å². The SMILES string of the molecule is CC/C(=C/CNCc1sccc1CC)C(=O)O. The van der Waals surface area contributed by atoms with Crippen LogP contribution in [0.4, 0.5) is 0 Å². The molecular weight excluding hydrogens is 234 g/mol. The van der Waals surface area contributed by atoms with Crippen molar-refractivity contribution >= 4 is 17.3 Å². The fourth-order valence-corrected chi connectivity index (χ4v) is 2.55. The van der Waals surface area contributed by atoms with Gasteiger partial charge in [0.25, 0.3) is 0 Å². The van der Waals surface area contributed by atoms with Gasteiger partial charge in [0.1, 0.15) is 0 Å². The molecule has 0 fully saturated rings. The first kappa shape index (κ1) is 13.9. The predicted octanol–water partition coefficient (Wildman–Crippen LogP) is 2.82. The molecule has 0 bridgehead atoms. The average Bonchev–Trinajstić information content (AvgIpc) is 2.76. The fourth-order valence-electron chi connectivity index (χ4n) is 1.60. The lowest BCUT2D eigenvalue weighted by atomic mass is 10.2. The number of carboxylic acids is 1. The summed E-state index contributed by atoms with van der Waals surface area (Å²) in [6.45, 7) is 5.42. The lowest BCUT2D eigenvalue weighted by molar-refractivity contribution is -0.132. The van der Waals surface area contributed by atoms with Gasteiger partial charge in [0.05, 0.1) is 0 Å². The topological polar surface area (TPSA) is 49.3 Å². The molecule has 0 amide bonds. The van der Waals surface area contributed by atoms with Crippen LogP contribution >= 0.6 is 11.3 Å². The molecule has 0 unspecified atom stereocenters. The Labute approximate surface area is 106 Å². The summed E-state index contributed by atoms with van der Waals surface area (Å²) in [6.07, 6.45) is 3.36. The molecule has 17 heavy (non-hydrogen) atoms. The number of hydrogen-bond acceptors (Lipinski definition) is 3. The minimum absolute atomic E-state index is 0.472. The average molecular weight is 253 g/mol. The number of carbonyl (C=O) groups is 1. The maximum atomic E-state index is 10.8. The maximum Gasteiger partial charge on any atom is 0.331 e. The van der Waals surface area contributed by atoms with E-state index >= 15 is 0 Å². The zero-order valence-electron chi connectivity index (χ0n) is 10.3. The standard InChI is InChI=1S/C13H19NO2S/c1-3-10-6-8-17-12(10)9-14-7-5-11(4-2)13(15)16/h5-6,8,14H,3-4,7,9H2,1-2H3,(H,15,16)/b11-5-. The highest BCUT2D eigenvalue weighted by Gasteiger charge is 2.03. The van der Waals surface area contributed by atoms with Crippen LogP contribution in [0.15, 0.2) is 23.1 Å². The molecule has 1 rings (SSSR count). The molecule has 2 N–H and O–H groups in total. The summed E-state index contributed by atoms with van der Waals surface area (Å²) in [7, 11) is 0. The number of nitrogens with one attached hydrogen (secondary N) is 1. The highest BCUT2D eigenvalue weighted by atomic mass is 32.1. The van der Waals surface area contributed by atoms with Crippen molar-refractivity contribution < 1.29 is 9.90 Å². The van der Waals surface area contributed by atoms with Gasteiger partial charge >= 0.3 is 5.97 Å². The van der Waals surface area contributed by atoms with Crippen LogP contribution in [-0.2, 0) is 17.8 Å². The Balaban J connectivity index is 2.40. The Morgan fingerprint density at radius 3 is 2.88 bits per heavy atom. The highest BCUT2D eigenvalue weighted by molar-refractivity contribution is 7.10. The van der Waals surface area contributed by atoms with Crippen LogP contribution in [0.25, 0.3) is 0 Å². The monoisotopic (exact) mass is 253 g/mol. The highest BCUT2D eigenvalue weighted by Crippen LogP contribution is 2.16. The third-order valence-corrected chi connectivity index (χ3v) is 3.62. The van der Waals surface area contributed by atoms with Crippen LogP contribution < -0.4 is 5.32 Å². The zero-order valence-corrected chi connectivity index (χ0v) is 11.1. The Hall–Kier alpha value is -1.13. The quantitative estimate of drug-likeness (QED) is 0.580. The van der Waals surface area contributed by atoms with Crippen molar-refractivity contribution in [3.05, 3.63) is 33.5 Å². The van der Waals surface area contributed by atoms with Crippen molar-refractivity contribution in [2.45, 2.75) is 33.2 Å².